The van der Waals surface area contributed by atoms with Gasteiger partial charge in [-0.2, -0.15) is 0 Å². The summed E-state index contributed by atoms with van der Waals surface area (Å²) < 4.78 is 0. The van der Waals surface area contributed by atoms with Crippen LogP contribution < -0.4 is 0 Å². The molecule has 0 aromatic carbocycles. The minimum atomic E-state index is -0.687. The molecule has 1 heterocycles. The van der Waals surface area contributed by atoms with Crippen molar-refractivity contribution < 1.29 is 9.90 Å². The molecule has 1 aliphatic rings. The number of carboxylic acids is 1. The third-order valence-electron chi connectivity index (χ3n) is 2.48. The van der Waals surface area contributed by atoms with E-state index in [0.717, 1.165) is 19.5 Å². The van der Waals surface area contributed by atoms with E-state index in [1.165, 1.54) is 0 Å². The largest absolute Gasteiger partial charge is 0.481 e. The molecule has 1 aliphatic heterocycles. The van der Waals surface area contributed by atoms with Crippen LogP contribution in [0.2, 0.25) is 0 Å². The van der Waals surface area contributed by atoms with Crippen LogP contribution in [-0.4, -0.2) is 36.1 Å². The summed E-state index contributed by atoms with van der Waals surface area (Å²) in [4.78, 5) is 12.9. The third-order valence-corrected chi connectivity index (χ3v) is 2.48. The molecule has 2 unspecified atom stereocenters. The minimum absolute atomic E-state index is 0.112. The lowest BCUT2D eigenvalue weighted by atomic mass is 9.86. The van der Waals surface area contributed by atoms with E-state index in [2.05, 4.69) is 11.5 Å². The lowest BCUT2D eigenvalue weighted by Crippen LogP contribution is -2.40. The summed E-state index contributed by atoms with van der Waals surface area (Å²) in [6.45, 7) is 5.36. The Morgan fingerprint density at radius 2 is 2.42 bits per heavy atom. The van der Waals surface area contributed by atoms with Crippen molar-refractivity contribution >= 4 is 5.97 Å². The van der Waals surface area contributed by atoms with Crippen LogP contribution in [0.5, 0.6) is 0 Å². The standard InChI is InChI=1S/C9H15NO2/c1-3-7-6-10(2)5-4-8(7)9(11)12/h3,7-8H,1,4-6H2,2H3,(H,11,12). The zero-order chi connectivity index (χ0) is 9.14. The normalized spacial score (nSPS) is 31.4. The van der Waals surface area contributed by atoms with Crippen LogP contribution in [-0.2, 0) is 4.79 Å². The summed E-state index contributed by atoms with van der Waals surface area (Å²) in [5.74, 6) is -0.798. The van der Waals surface area contributed by atoms with Crippen molar-refractivity contribution in [3.8, 4) is 0 Å². The van der Waals surface area contributed by atoms with Crippen molar-refractivity contribution in [2.45, 2.75) is 6.42 Å². The SMILES string of the molecule is C=CC1CN(C)CCC1C(=O)O. The second kappa shape index (κ2) is 3.72. The summed E-state index contributed by atoms with van der Waals surface area (Å²) in [6.07, 6.45) is 2.50. The molecule has 1 rings (SSSR count). The van der Waals surface area contributed by atoms with Gasteiger partial charge in [-0.3, -0.25) is 4.79 Å². The number of aliphatic carboxylic acids is 1. The number of carbonyl (C=O) groups is 1. The van der Waals surface area contributed by atoms with E-state index in [4.69, 9.17) is 5.11 Å². The van der Waals surface area contributed by atoms with Gasteiger partial charge in [-0.05, 0) is 20.0 Å². The average molecular weight is 169 g/mol. The van der Waals surface area contributed by atoms with Gasteiger partial charge in [0.2, 0.25) is 0 Å². The summed E-state index contributed by atoms with van der Waals surface area (Å²) in [7, 11) is 2.01. The van der Waals surface area contributed by atoms with Gasteiger partial charge in [0.1, 0.15) is 0 Å². The average Bonchev–Trinajstić information content (AvgIpc) is 2.03. The van der Waals surface area contributed by atoms with Gasteiger partial charge in [-0.1, -0.05) is 6.08 Å². The Morgan fingerprint density at radius 3 is 2.92 bits per heavy atom. The van der Waals surface area contributed by atoms with Gasteiger partial charge in [0, 0.05) is 12.5 Å². The van der Waals surface area contributed by atoms with E-state index < -0.39 is 5.97 Å². The van der Waals surface area contributed by atoms with Crippen LogP contribution in [0.4, 0.5) is 0 Å². The van der Waals surface area contributed by atoms with Crippen LogP contribution in [0.1, 0.15) is 6.42 Å². The molecule has 1 fully saturated rings. The number of carboxylic acid groups (broad SMARTS) is 1. The molecule has 12 heavy (non-hydrogen) atoms. The number of likely N-dealkylation sites (tertiary alicyclic amines) is 1. The molecule has 0 aromatic heterocycles. The molecule has 2 atom stereocenters. The van der Waals surface area contributed by atoms with Gasteiger partial charge in [0.05, 0.1) is 5.92 Å². The van der Waals surface area contributed by atoms with E-state index >= 15 is 0 Å². The topological polar surface area (TPSA) is 40.5 Å². The highest BCUT2D eigenvalue weighted by atomic mass is 16.4. The summed E-state index contributed by atoms with van der Waals surface area (Å²) >= 11 is 0. The second-order valence-electron chi connectivity index (χ2n) is 3.40. The van der Waals surface area contributed by atoms with Gasteiger partial charge < -0.3 is 10.0 Å². The first-order valence-corrected chi connectivity index (χ1v) is 4.19. The molecule has 0 spiro atoms. The highest BCUT2D eigenvalue weighted by Gasteiger charge is 2.30. The monoisotopic (exact) mass is 169 g/mol. The first-order chi connectivity index (χ1) is 5.65. The van der Waals surface area contributed by atoms with E-state index in [1.54, 1.807) is 6.08 Å². The highest BCUT2D eigenvalue weighted by molar-refractivity contribution is 5.70. The molecule has 0 bridgehead atoms. The Balaban J connectivity index is 2.62. The zero-order valence-corrected chi connectivity index (χ0v) is 7.36. The van der Waals surface area contributed by atoms with E-state index in [1.807, 2.05) is 7.05 Å². The van der Waals surface area contributed by atoms with Gasteiger partial charge >= 0.3 is 5.97 Å². The van der Waals surface area contributed by atoms with E-state index in [0.29, 0.717) is 0 Å². The molecule has 0 aromatic rings. The van der Waals surface area contributed by atoms with Crippen LogP contribution >= 0.6 is 0 Å². The molecular weight excluding hydrogens is 154 g/mol. The molecule has 0 saturated carbocycles. The maximum atomic E-state index is 10.8. The summed E-state index contributed by atoms with van der Waals surface area (Å²) in [6, 6.07) is 0. The van der Waals surface area contributed by atoms with Crippen LogP contribution in [0.3, 0.4) is 0 Å². The van der Waals surface area contributed by atoms with Crippen molar-refractivity contribution in [3.05, 3.63) is 12.7 Å². The van der Waals surface area contributed by atoms with Gasteiger partial charge in [-0.25, -0.2) is 0 Å². The molecule has 0 aliphatic carbocycles. The molecule has 3 heteroatoms. The molecule has 1 N–H and O–H groups in total. The van der Waals surface area contributed by atoms with Crippen molar-refractivity contribution in [1.29, 1.82) is 0 Å². The number of nitrogens with zero attached hydrogens (tertiary/aromatic N) is 1. The number of hydrogen-bond acceptors (Lipinski definition) is 2. The van der Waals surface area contributed by atoms with Crippen molar-refractivity contribution in [3.63, 3.8) is 0 Å². The van der Waals surface area contributed by atoms with Crippen molar-refractivity contribution in [1.82, 2.24) is 4.90 Å². The Morgan fingerprint density at radius 1 is 1.75 bits per heavy atom. The maximum Gasteiger partial charge on any atom is 0.307 e. The Hall–Kier alpha value is -0.830. The Bertz CT molecular complexity index is 191. The molecular formula is C9H15NO2. The van der Waals surface area contributed by atoms with E-state index in [9.17, 15) is 4.79 Å². The fraction of sp³-hybridized carbons (Fsp3) is 0.667. The molecule has 3 nitrogen and oxygen atoms in total. The van der Waals surface area contributed by atoms with Gasteiger partial charge in [-0.15, -0.1) is 6.58 Å². The lowest BCUT2D eigenvalue weighted by molar-refractivity contribution is -0.144. The predicted molar refractivity (Wildman–Crippen MR) is 46.9 cm³/mol. The number of piperidine rings is 1. The minimum Gasteiger partial charge on any atom is -0.481 e. The molecule has 0 radical (unpaired) electrons. The fourth-order valence-electron chi connectivity index (χ4n) is 1.70. The Kier molecular flexibility index (Phi) is 2.87. The van der Waals surface area contributed by atoms with Gasteiger partial charge in [0.25, 0.3) is 0 Å². The zero-order valence-electron chi connectivity index (χ0n) is 7.36. The van der Waals surface area contributed by atoms with E-state index in [-0.39, 0.29) is 11.8 Å². The molecule has 1 saturated heterocycles. The predicted octanol–water partition coefficient (Wildman–Crippen LogP) is 0.825. The van der Waals surface area contributed by atoms with Crippen LogP contribution in [0, 0.1) is 11.8 Å². The van der Waals surface area contributed by atoms with Crippen molar-refractivity contribution in [2.24, 2.45) is 11.8 Å². The van der Waals surface area contributed by atoms with Crippen LogP contribution in [0.25, 0.3) is 0 Å². The molecule has 68 valence electrons. The maximum absolute atomic E-state index is 10.8. The fourth-order valence-corrected chi connectivity index (χ4v) is 1.70. The highest BCUT2D eigenvalue weighted by Crippen LogP contribution is 2.23. The first kappa shape index (κ1) is 9.26. The first-order valence-electron chi connectivity index (χ1n) is 4.19. The lowest BCUT2D eigenvalue weighted by Gasteiger charge is -2.32. The smallest absolute Gasteiger partial charge is 0.307 e. The summed E-state index contributed by atoms with van der Waals surface area (Å²) in [5, 5.41) is 8.86. The second-order valence-corrected chi connectivity index (χ2v) is 3.40. The number of rotatable bonds is 2. The van der Waals surface area contributed by atoms with Crippen molar-refractivity contribution in [2.75, 3.05) is 20.1 Å². The number of hydrogen-bond donors (Lipinski definition) is 1. The van der Waals surface area contributed by atoms with Crippen LogP contribution in [0.15, 0.2) is 12.7 Å². The summed E-state index contributed by atoms with van der Waals surface area (Å²) in [5.41, 5.74) is 0. The molecule has 0 amide bonds. The van der Waals surface area contributed by atoms with Gasteiger partial charge in [0.15, 0.2) is 0 Å². The third kappa shape index (κ3) is 1.85. The quantitative estimate of drug-likeness (QED) is 0.622. The Labute approximate surface area is 72.7 Å².